The van der Waals surface area contributed by atoms with Gasteiger partial charge in [-0.15, -0.1) is 0 Å². The topological polar surface area (TPSA) is 49.5 Å². The quantitative estimate of drug-likeness (QED) is 0.466. The van der Waals surface area contributed by atoms with E-state index in [2.05, 4.69) is 19.0 Å². The van der Waals surface area contributed by atoms with Gasteiger partial charge in [0, 0.05) is 18.2 Å². The van der Waals surface area contributed by atoms with Crippen molar-refractivity contribution < 1.29 is 5.11 Å². The van der Waals surface area contributed by atoms with Crippen molar-refractivity contribution in [3.63, 3.8) is 0 Å². The van der Waals surface area contributed by atoms with Gasteiger partial charge in [0.05, 0.1) is 0 Å². The van der Waals surface area contributed by atoms with E-state index in [-0.39, 0.29) is 5.92 Å². The summed E-state index contributed by atoms with van der Waals surface area (Å²) in [5.74, 6) is 2.23. The molecule has 2 atom stereocenters. The molecule has 2 unspecified atom stereocenters. The van der Waals surface area contributed by atoms with Gasteiger partial charge in [0.2, 0.25) is 0 Å². The van der Waals surface area contributed by atoms with E-state index in [1.807, 2.05) is 18.7 Å². The smallest absolute Gasteiger partial charge is 0.105 e. The van der Waals surface area contributed by atoms with Gasteiger partial charge in [-0.25, -0.2) is 0 Å². The molecule has 4 heteroatoms. The standard InChI is InChI=1S/C8H20N2OS/c1-7(8(9)11)6-12-5-4-10(2)3/h7-8,11H,4-6,9H2,1-3H3. The monoisotopic (exact) mass is 192 g/mol. The lowest BCUT2D eigenvalue weighted by Crippen LogP contribution is -2.29. The molecule has 0 aliphatic rings. The van der Waals surface area contributed by atoms with Crippen LogP contribution < -0.4 is 5.73 Å². The van der Waals surface area contributed by atoms with E-state index in [1.54, 1.807) is 0 Å². The van der Waals surface area contributed by atoms with E-state index >= 15 is 0 Å². The second-order valence-corrected chi connectivity index (χ2v) is 4.50. The molecule has 0 fully saturated rings. The minimum Gasteiger partial charge on any atom is -0.379 e. The Kier molecular flexibility index (Phi) is 6.84. The van der Waals surface area contributed by atoms with E-state index in [0.717, 1.165) is 18.1 Å². The molecule has 0 aliphatic heterocycles. The third kappa shape index (κ3) is 6.91. The molecule has 0 aromatic rings. The number of aliphatic hydroxyl groups is 1. The first-order valence-corrected chi connectivity index (χ1v) is 5.35. The fraction of sp³-hybridized carbons (Fsp3) is 1.00. The van der Waals surface area contributed by atoms with Gasteiger partial charge in [0.15, 0.2) is 0 Å². The molecule has 0 spiro atoms. The van der Waals surface area contributed by atoms with Gasteiger partial charge in [-0.05, 0) is 19.8 Å². The third-order valence-corrected chi connectivity index (χ3v) is 2.88. The van der Waals surface area contributed by atoms with Crippen molar-refractivity contribution in [3.8, 4) is 0 Å². The van der Waals surface area contributed by atoms with Gasteiger partial charge >= 0.3 is 0 Å². The maximum absolute atomic E-state index is 8.98. The maximum atomic E-state index is 8.98. The molecule has 0 saturated heterocycles. The van der Waals surface area contributed by atoms with Crippen molar-refractivity contribution in [2.45, 2.75) is 13.2 Å². The van der Waals surface area contributed by atoms with Crippen molar-refractivity contribution in [1.29, 1.82) is 0 Å². The highest BCUT2D eigenvalue weighted by molar-refractivity contribution is 7.99. The number of nitrogens with zero attached hydrogens (tertiary/aromatic N) is 1. The molecule has 74 valence electrons. The molecule has 0 aromatic heterocycles. The number of rotatable bonds is 6. The molecular weight excluding hydrogens is 172 g/mol. The number of aliphatic hydroxyl groups excluding tert-OH is 1. The van der Waals surface area contributed by atoms with Crippen molar-refractivity contribution >= 4 is 11.8 Å². The maximum Gasteiger partial charge on any atom is 0.105 e. The lowest BCUT2D eigenvalue weighted by molar-refractivity contribution is 0.134. The van der Waals surface area contributed by atoms with E-state index < -0.39 is 6.23 Å². The summed E-state index contributed by atoms with van der Waals surface area (Å²) in [6.45, 7) is 3.05. The van der Waals surface area contributed by atoms with E-state index in [1.165, 1.54) is 0 Å². The van der Waals surface area contributed by atoms with Gasteiger partial charge in [-0.3, -0.25) is 0 Å². The summed E-state index contributed by atoms with van der Waals surface area (Å²) in [6.07, 6.45) is -0.670. The Labute approximate surface area is 79.3 Å². The molecule has 3 nitrogen and oxygen atoms in total. The summed E-state index contributed by atoms with van der Waals surface area (Å²) in [5, 5.41) is 8.98. The fourth-order valence-corrected chi connectivity index (χ4v) is 1.84. The van der Waals surface area contributed by atoms with Gasteiger partial charge in [0.1, 0.15) is 6.23 Å². The van der Waals surface area contributed by atoms with Crippen LogP contribution in [0.4, 0.5) is 0 Å². The lowest BCUT2D eigenvalue weighted by atomic mass is 10.2. The van der Waals surface area contributed by atoms with Crippen LogP contribution in [0.3, 0.4) is 0 Å². The van der Waals surface area contributed by atoms with E-state index in [4.69, 9.17) is 10.8 Å². The van der Waals surface area contributed by atoms with Crippen LogP contribution in [0.5, 0.6) is 0 Å². The lowest BCUT2D eigenvalue weighted by Gasteiger charge is -2.14. The Morgan fingerprint density at radius 2 is 2.08 bits per heavy atom. The van der Waals surface area contributed by atoms with Crippen LogP contribution >= 0.6 is 11.8 Å². The first-order valence-electron chi connectivity index (χ1n) is 4.20. The summed E-state index contributed by atoms with van der Waals surface area (Å²) in [4.78, 5) is 2.15. The van der Waals surface area contributed by atoms with Gasteiger partial charge in [-0.2, -0.15) is 11.8 Å². The summed E-state index contributed by atoms with van der Waals surface area (Å²) < 4.78 is 0. The van der Waals surface area contributed by atoms with Crippen LogP contribution in [0.25, 0.3) is 0 Å². The summed E-state index contributed by atoms with van der Waals surface area (Å²) in [6, 6.07) is 0. The largest absolute Gasteiger partial charge is 0.379 e. The fourth-order valence-electron chi connectivity index (χ4n) is 0.615. The minimum atomic E-state index is -0.670. The van der Waals surface area contributed by atoms with Gasteiger partial charge in [0.25, 0.3) is 0 Å². The number of thioether (sulfide) groups is 1. The normalized spacial score (nSPS) is 16.5. The molecule has 0 amide bonds. The summed E-state index contributed by atoms with van der Waals surface area (Å²) >= 11 is 1.84. The van der Waals surface area contributed by atoms with Gasteiger partial charge < -0.3 is 15.7 Å². The minimum absolute atomic E-state index is 0.192. The second kappa shape index (κ2) is 6.71. The zero-order valence-corrected chi connectivity index (χ0v) is 8.97. The predicted octanol–water partition coefficient (Wildman–Crippen LogP) is 0.194. The van der Waals surface area contributed by atoms with Crippen molar-refractivity contribution in [2.75, 3.05) is 32.1 Å². The average Bonchev–Trinajstić information content (AvgIpc) is 1.97. The molecule has 0 aromatic carbocycles. The Hall–Kier alpha value is 0.230. The molecule has 12 heavy (non-hydrogen) atoms. The Morgan fingerprint density at radius 3 is 2.50 bits per heavy atom. The van der Waals surface area contributed by atoms with Crippen molar-refractivity contribution in [3.05, 3.63) is 0 Å². The highest BCUT2D eigenvalue weighted by atomic mass is 32.2. The zero-order chi connectivity index (χ0) is 9.56. The molecule has 0 rings (SSSR count). The molecule has 0 aliphatic carbocycles. The first-order chi connectivity index (χ1) is 5.54. The first kappa shape index (κ1) is 12.2. The third-order valence-electron chi connectivity index (χ3n) is 1.65. The summed E-state index contributed by atoms with van der Waals surface area (Å²) in [5.41, 5.74) is 5.31. The predicted molar refractivity (Wildman–Crippen MR) is 55.2 cm³/mol. The molecule has 0 heterocycles. The van der Waals surface area contributed by atoms with Crippen molar-refractivity contribution in [2.24, 2.45) is 11.7 Å². The highest BCUT2D eigenvalue weighted by Crippen LogP contribution is 2.09. The Morgan fingerprint density at radius 1 is 1.50 bits per heavy atom. The average molecular weight is 192 g/mol. The molecular formula is C8H20N2OS. The summed E-state index contributed by atoms with van der Waals surface area (Å²) in [7, 11) is 4.11. The molecule has 0 bridgehead atoms. The molecule has 0 saturated carbocycles. The second-order valence-electron chi connectivity index (χ2n) is 3.35. The van der Waals surface area contributed by atoms with E-state index in [0.29, 0.717) is 0 Å². The number of hydrogen-bond donors (Lipinski definition) is 2. The number of hydrogen-bond acceptors (Lipinski definition) is 4. The van der Waals surface area contributed by atoms with Crippen LogP contribution in [0.2, 0.25) is 0 Å². The highest BCUT2D eigenvalue weighted by Gasteiger charge is 2.08. The Bertz CT molecular complexity index is 109. The van der Waals surface area contributed by atoms with Crippen LogP contribution in [0.15, 0.2) is 0 Å². The van der Waals surface area contributed by atoms with Gasteiger partial charge in [-0.1, -0.05) is 6.92 Å². The molecule has 0 radical (unpaired) electrons. The molecule has 3 N–H and O–H groups in total. The van der Waals surface area contributed by atoms with Crippen LogP contribution in [0.1, 0.15) is 6.92 Å². The Balaban J connectivity index is 3.20. The van der Waals surface area contributed by atoms with Crippen LogP contribution in [-0.2, 0) is 0 Å². The van der Waals surface area contributed by atoms with Crippen LogP contribution in [0, 0.1) is 5.92 Å². The van der Waals surface area contributed by atoms with Crippen molar-refractivity contribution in [1.82, 2.24) is 4.90 Å². The van der Waals surface area contributed by atoms with E-state index in [9.17, 15) is 0 Å². The zero-order valence-electron chi connectivity index (χ0n) is 8.16. The van der Waals surface area contributed by atoms with Crippen LogP contribution in [-0.4, -0.2) is 48.4 Å². The SMILES string of the molecule is CC(CSCCN(C)C)C(N)O. The number of nitrogens with two attached hydrogens (primary N) is 1.